The van der Waals surface area contributed by atoms with E-state index in [0.717, 1.165) is 37.3 Å². The van der Waals surface area contributed by atoms with Gasteiger partial charge in [-0.25, -0.2) is 4.79 Å². The van der Waals surface area contributed by atoms with E-state index in [1.54, 1.807) is 13.0 Å². The zero-order valence-electron chi connectivity index (χ0n) is 11.5. The zero-order chi connectivity index (χ0) is 14.0. The number of hydrogen-bond acceptors (Lipinski definition) is 2. The van der Waals surface area contributed by atoms with Gasteiger partial charge in [0.25, 0.3) is 0 Å². The van der Waals surface area contributed by atoms with Crippen LogP contribution in [0.15, 0.2) is 6.07 Å². The minimum atomic E-state index is -0.912. The number of carbonyl (C=O) groups is 2. The molecule has 1 saturated heterocycles. The number of nitrogens with zero attached hydrogens (tertiary/aromatic N) is 2. The van der Waals surface area contributed by atoms with Crippen molar-refractivity contribution in [3.8, 4) is 0 Å². The summed E-state index contributed by atoms with van der Waals surface area (Å²) in [4.78, 5) is 24.9. The molecule has 1 amide bonds. The van der Waals surface area contributed by atoms with Crippen molar-refractivity contribution in [1.82, 2.24) is 9.47 Å². The lowest BCUT2D eigenvalue weighted by molar-refractivity contribution is -0.130. The van der Waals surface area contributed by atoms with Gasteiger partial charge in [0.2, 0.25) is 5.91 Å². The molecule has 0 spiro atoms. The molecule has 1 N–H and O–H groups in total. The first-order valence-corrected chi connectivity index (χ1v) is 6.68. The Kier molecular flexibility index (Phi) is 3.93. The highest BCUT2D eigenvalue weighted by Gasteiger charge is 2.19. The predicted octanol–water partition coefficient (Wildman–Crippen LogP) is 1.82. The second-order valence-electron chi connectivity index (χ2n) is 5.08. The molecule has 1 aromatic rings. The molecule has 0 saturated carbocycles. The number of carboxylic acid groups (broad SMARTS) is 1. The molecule has 5 nitrogen and oxygen atoms in total. The van der Waals surface area contributed by atoms with Crippen molar-refractivity contribution in [3.05, 3.63) is 23.0 Å². The van der Waals surface area contributed by atoms with Crippen LogP contribution in [0, 0.1) is 13.8 Å². The predicted molar refractivity (Wildman–Crippen MR) is 71.3 cm³/mol. The highest BCUT2D eigenvalue weighted by atomic mass is 16.4. The molecular formula is C14H20N2O3. The van der Waals surface area contributed by atoms with E-state index >= 15 is 0 Å². The molecule has 1 fully saturated rings. The first kappa shape index (κ1) is 13.6. The topological polar surface area (TPSA) is 62.5 Å². The normalized spacial score (nSPS) is 14.9. The Morgan fingerprint density at radius 2 is 1.89 bits per heavy atom. The van der Waals surface area contributed by atoms with Crippen LogP contribution in [0.3, 0.4) is 0 Å². The average Bonchev–Trinajstić information content (AvgIpc) is 2.96. The molecule has 0 aliphatic carbocycles. The van der Waals surface area contributed by atoms with Crippen molar-refractivity contribution in [1.29, 1.82) is 0 Å². The molecule has 0 unspecified atom stereocenters. The average molecular weight is 264 g/mol. The van der Waals surface area contributed by atoms with Gasteiger partial charge >= 0.3 is 5.97 Å². The number of aryl methyl sites for hydroxylation is 1. The Labute approximate surface area is 112 Å². The van der Waals surface area contributed by atoms with Gasteiger partial charge in [-0.2, -0.15) is 0 Å². The molecule has 0 radical (unpaired) electrons. The van der Waals surface area contributed by atoms with Crippen LogP contribution in [0.5, 0.6) is 0 Å². The lowest BCUT2D eigenvalue weighted by Gasteiger charge is -2.16. The lowest BCUT2D eigenvalue weighted by Crippen LogP contribution is -2.28. The molecule has 1 aromatic heterocycles. The van der Waals surface area contributed by atoms with E-state index in [0.29, 0.717) is 18.5 Å². The van der Waals surface area contributed by atoms with Gasteiger partial charge in [0.1, 0.15) is 0 Å². The molecule has 104 valence electrons. The summed E-state index contributed by atoms with van der Waals surface area (Å²) in [5.41, 5.74) is 1.94. The standard InChI is InChI=1S/C14H20N2O3/c1-10-9-12(14(18)19)11(2)16(10)8-5-13(17)15-6-3-4-7-15/h9H,3-8H2,1-2H3,(H,18,19). The number of hydrogen-bond donors (Lipinski definition) is 1. The maximum absolute atomic E-state index is 12.0. The molecule has 1 aliphatic heterocycles. The zero-order valence-corrected chi connectivity index (χ0v) is 11.5. The van der Waals surface area contributed by atoms with Gasteiger partial charge in [0.05, 0.1) is 5.56 Å². The second kappa shape index (κ2) is 5.47. The van der Waals surface area contributed by atoms with Crippen molar-refractivity contribution in [2.45, 2.75) is 39.7 Å². The quantitative estimate of drug-likeness (QED) is 0.902. The van der Waals surface area contributed by atoms with E-state index in [1.165, 1.54) is 0 Å². The van der Waals surface area contributed by atoms with E-state index in [2.05, 4.69) is 0 Å². The molecule has 2 rings (SSSR count). The van der Waals surface area contributed by atoms with Crippen LogP contribution in [-0.4, -0.2) is 39.5 Å². The van der Waals surface area contributed by atoms with Crippen molar-refractivity contribution >= 4 is 11.9 Å². The molecule has 5 heteroatoms. The maximum atomic E-state index is 12.0. The molecular weight excluding hydrogens is 244 g/mol. The fraction of sp³-hybridized carbons (Fsp3) is 0.571. The third kappa shape index (κ3) is 2.80. The molecule has 2 heterocycles. The van der Waals surface area contributed by atoms with E-state index in [-0.39, 0.29) is 5.91 Å². The SMILES string of the molecule is Cc1cc(C(=O)O)c(C)n1CCC(=O)N1CCCC1. The largest absolute Gasteiger partial charge is 0.478 e. The summed E-state index contributed by atoms with van der Waals surface area (Å²) in [6.07, 6.45) is 2.63. The number of rotatable bonds is 4. The fourth-order valence-corrected chi connectivity index (χ4v) is 2.69. The molecule has 0 atom stereocenters. The third-order valence-corrected chi connectivity index (χ3v) is 3.81. The highest BCUT2D eigenvalue weighted by molar-refractivity contribution is 5.89. The highest BCUT2D eigenvalue weighted by Crippen LogP contribution is 2.16. The summed E-state index contributed by atoms with van der Waals surface area (Å²) < 4.78 is 1.91. The van der Waals surface area contributed by atoms with Gasteiger partial charge in [-0.3, -0.25) is 4.79 Å². The summed E-state index contributed by atoms with van der Waals surface area (Å²) >= 11 is 0. The first-order valence-electron chi connectivity index (χ1n) is 6.68. The lowest BCUT2D eigenvalue weighted by atomic mass is 10.2. The van der Waals surface area contributed by atoms with Gasteiger partial charge in [-0.1, -0.05) is 0 Å². The van der Waals surface area contributed by atoms with E-state index in [1.807, 2.05) is 16.4 Å². The molecule has 1 aliphatic rings. The van der Waals surface area contributed by atoms with Crippen LogP contribution in [0.1, 0.15) is 41.0 Å². The summed E-state index contributed by atoms with van der Waals surface area (Å²) in [5, 5.41) is 9.06. The van der Waals surface area contributed by atoms with Crippen LogP contribution in [0.4, 0.5) is 0 Å². The number of carboxylic acids is 1. The minimum Gasteiger partial charge on any atom is -0.478 e. The molecule has 0 aromatic carbocycles. The molecule has 19 heavy (non-hydrogen) atoms. The van der Waals surface area contributed by atoms with Gasteiger partial charge in [-0.05, 0) is 32.8 Å². The number of carbonyl (C=O) groups excluding carboxylic acids is 1. The Morgan fingerprint density at radius 1 is 1.26 bits per heavy atom. The second-order valence-corrected chi connectivity index (χ2v) is 5.08. The summed E-state index contributed by atoms with van der Waals surface area (Å²) in [5.74, 6) is -0.743. The van der Waals surface area contributed by atoms with Crippen molar-refractivity contribution in [2.75, 3.05) is 13.1 Å². The summed E-state index contributed by atoms with van der Waals surface area (Å²) in [6, 6.07) is 1.66. The minimum absolute atomic E-state index is 0.168. The van der Waals surface area contributed by atoms with E-state index < -0.39 is 5.97 Å². The number of aromatic carboxylic acids is 1. The Morgan fingerprint density at radius 3 is 2.42 bits per heavy atom. The monoisotopic (exact) mass is 264 g/mol. The molecule has 0 bridgehead atoms. The first-order chi connectivity index (χ1) is 9.00. The van der Waals surface area contributed by atoms with Crippen LogP contribution >= 0.6 is 0 Å². The van der Waals surface area contributed by atoms with Crippen LogP contribution in [0.2, 0.25) is 0 Å². The van der Waals surface area contributed by atoms with Crippen molar-refractivity contribution in [2.24, 2.45) is 0 Å². The van der Waals surface area contributed by atoms with E-state index in [9.17, 15) is 9.59 Å². The number of aromatic nitrogens is 1. The fourth-order valence-electron chi connectivity index (χ4n) is 2.69. The number of amides is 1. The third-order valence-electron chi connectivity index (χ3n) is 3.81. The van der Waals surface area contributed by atoms with Crippen molar-refractivity contribution < 1.29 is 14.7 Å². The Hall–Kier alpha value is -1.78. The van der Waals surface area contributed by atoms with Crippen LogP contribution in [-0.2, 0) is 11.3 Å². The summed E-state index contributed by atoms with van der Waals surface area (Å²) in [7, 11) is 0. The van der Waals surface area contributed by atoms with E-state index in [4.69, 9.17) is 5.11 Å². The van der Waals surface area contributed by atoms with Crippen LogP contribution in [0.25, 0.3) is 0 Å². The number of likely N-dealkylation sites (tertiary alicyclic amines) is 1. The van der Waals surface area contributed by atoms with Gasteiger partial charge in [0.15, 0.2) is 0 Å². The van der Waals surface area contributed by atoms with Crippen LogP contribution < -0.4 is 0 Å². The Balaban J connectivity index is 2.03. The van der Waals surface area contributed by atoms with Gasteiger partial charge in [-0.15, -0.1) is 0 Å². The van der Waals surface area contributed by atoms with Gasteiger partial charge < -0.3 is 14.6 Å². The summed E-state index contributed by atoms with van der Waals surface area (Å²) in [6.45, 7) is 5.95. The smallest absolute Gasteiger partial charge is 0.337 e. The Bertz CT molecular complexity index is 499. The van der Waals surface area contributed by atoms with Gasteiger partial charge in [0, 0.05) is 37.4 Å². The van der Waals surface area contributed by atoms with Crippen molar-refractivity contribution in [3.63, 3.8) is 0 Å². The maximum Gasteiger partial charge on any atom is 0.337 e.